The van der Waals surface area contributed by atoms with Gasteiger partial charge in [0.05, 0.1) is 27.4 Å². The first kappa shape index (κ1) is 22.2. The fourth-order valence-electron chi connectivity index (χ4n) is 3.46. The molecule has 0 aliphatic rings. The van der Waals surface area contributed by atoms with E-state index >= 15 is 0 Å². The van der Waals surface area contributed by atoms with Gasteiger partial charge in [-0.1, -0.05) is 61.0 Å². The number of aromatic nitrogens is 2. The smallest absolute Gasteiger partial charge is 0.278 e. The summed E-state index contributed by atoms with van der Waals surface area (Å²) in [5, 5.41) is 5.96. The van der Waals surface area contributed by atoms with Gasteiger partial charge in [-0.3, -0.25) is 19.0 Å². The summed E-state index contributed by atoms with van der Waals surface area (Å²) in [6, 6.07) is 20.9. The Hall–Kier alpha value is -3.97. The van der Waals surface area contributed by atoms with Crippen LogP contribution in [0.2, 0.25) is 5.02 Å². The molecule has 1 aromatic heterocycles. The van der Waals surface area contributed by atoms with Crippen molar-refractivity contribution in [3.05, 3.63) is 88.2 Å². The number of para-hydroxylation sites is 4. The Morgan fingerprint density at radius 1 is 0.879 bits per heavy atom. The van der Waals surface area contributed by atoms with E-state index in [2.05, 4.69) is 15.6 Å². The summed E-state index contributed by atoms with van der Waals surface area (Å²) >= 11 is 6.15. The predicted molar refractivity (Wildman–Crippen MR) is 130 cm³/mol. The molecule has 4 aromatic rings. The molecule has 0 aliphatic carbocycles. The van der Waals surface area contributed by atoms with Crippen molar-refractivity contribution < 1.29 is 9.59 Å². The molecular formula is C25H21ClN4O3. The highest BCUT2D eigenvalue weighted by molar-refractivity contribution is 6.33. The maximum Gasteiger partial charge on any atom is 0.278 e. The van der Waals surface area contributed by atoms with Crippen LogP contribution in [0.5, 0.6) is 0 Å². The zero-order chi connectivity index (χ0) is 23.4. The van der Waals surface area contributed by atoms with E-state index in [9.17, 15) is 14.4 Å². The SMILES string of the molecule is CCC(=O)Nc1ccccc1-c1nc2ccccc2n(CC(=O)Nc2ccccc2Cl)c1=O. The highest BCUT2D eigenvalue weighted by atomic mass is 35.5. The van der Waals surface area contributed by atoms with Gasteiger partial charge in [0.15, 0.2) is 0 Å². The zero-order valence-electron chi connectivity index (χ0n) is 17.8. The lowest BCUT2D eigenvalue weighted by atomic mass is 10.1. The number of rotatable bonds is 6. The summed E-state index contributed by atoms with van der Waals surface area (Å²) in [5.41, 5.74) is 2.20. The van der Waals surface area contributed by atoms with Crippen molar-refractivity contribution in [3.63, 3.8) is 0 Å². The second-order valence-electron chi connectivity index (χ2n) is 7.32. The van der Waals surface area contributed by atoms with Crippen molar-refractivity contribution in [2.24, 2.45) is 0 Å². The molecule has 0 bridgehead atoms. The molecule has 2 N–H and O–H groups in total. The maximum atomic E-state index is 13.5. The van der Waals surface area contributed by atoms with E-state index in [-0.39, 0.29) is 18.1 Å². The molecule has 0 saturated carbocycles. The predicted octanol–water partition coefficient (Wildman–Crippen LogP) is 4.70. The summed E-state index contributed by atoms with van der Waals surface area (Å²) in [4.78, 5) is 42.9. The summed E-state index contributed by atoms with van der Waals surface area (Å²) in [7, 11) is 0. The van der Waals surface area contributed by atoms with Crippen LogP contribution in [-0.2, 0) is 16.1 Å². The van der Waals surface area contributed by atoms with Crippen molar-refractivity contribution in [1.29, 1.82) is 0 Å². The first-order valence-corrected chi connectivity index (χ1v) is 10.8. The average Bonchev–Trinajstić information content (AvgIpc) is 2.82. The van der Waals surface area contributed by atoms with Crippen molar-refractivity contribution in [1.82, 2.24) is 9.55 Å². The average molecular weight is 461 g/mol. The molecule has 0 unspecified atom stereocenters. The summed E-state index contributed by atoms with van der Waals surface area (Å²) < 4.78 is 1.38. The summed E-state index contributed by atoms with van der Waals surface area (Å²) in [5.74, 6) is -0.581. The van der Waals surface area contributed by atoms with Crippen molar-refractivity contribution >= 4 is 45.8 Å². The van der Waals surface area contributed by atoms with Crippen molar-refractivity contribution in [2.75, 3.05) is 10.6 Å². The number of anilines is 2. The van der Waals surface area contributed by atoms with Gasteiger partial charge < -0.3 is 10.6 Å². The van der Waals surface area contributed by atoms with E-state index in [0.29, 0.717) is 39.4 Å². The Kier molecular flexibility index (Phi) is 6.51. The van der Waals surface area contributed by atoms with Crippen LogP contribution in [0.4, 0.5) is 11.4 Å². The number of hydrogen-bond donors (Lipinski definition) is 2. The number of fused-ring (bicyclic) bond motifs is 1. The van der Waals surface area contributed by atoms with Crippen LogP contribution in [0, 0.1) is 0 Å². The van der Waals surface area contributed by atoms with E-state index in [1.165, 1.54) is 4.57 Å². The zero-order valence-corrected chi connectivity index (χ0v) is 18.6. The Balaban J connectivity index is 1.80. The molecule has 1 heterocycles. The van der Waals surface area contributed by atoms with Crippen molar-refractivity contribution in [2.45, 2.75) is 19.9 Å². The minimum Gasteiger partial charge on any atom is -0.325 e. The number of halogens is 1. The minimum absolute atomic E-state index is 0.145. The standard InChI is InChI=1S/C25H21ClN4O3/c1-2-22(31)27-18-11-5-3-9-16(18)24-25(33)30(21-14-8-7-13-20(21)29-24)15-23(32)28-19-12-6-4-10-17(19)26/h3-14H,2,15H2,1H3,(H,27,31)(H,28,32). The second kappa shape index (κ2) is 9.67. The highest BCUT2D eigenvalue weighted by Crippen LogP contribution is 2.26. The van der Waals surface area contributed by atoms with Gasteiger partial charge in [-0.15, -0.1) is 0 Å². The number of hydrogen-bond acceptors (Lipinski definition) is 4. The van der Waals surface area contributed by atoms with E-state index in [0.717, 1.165) is 0 Å². The molecule has 7 nitrogen and oxygen atoms in total. The normalized spacial score (nSPS) is 10.7. The van der Waals surface area contributed by atoms with Gasteiger partial charge in [0.2, 0.25) is 11.8 Å². The molecule has 0 radical (unpaired) electrons. The number of carbonyl (C=O) groups is 2. The third-order valence-electron chi connectivity index (χ3n) is 5.08. The number of amides is 2. The summed E-state index contributed by atoms with van der Waals surface area (Å²) in [6.45, 7) is 1.51. The van der Waals surface area contributed by atoms with Gasteiger partial charge in [0, 0.05) is 12.0 Å². The van der Waals surface area contributed by atoms with Crippen molar-refractivity contribution in [3.8, 4) is 11.3 Å². The summed E-state index contributed by atoms with van der Waals surface area (Å²) in [6.07, 6.45) is 0.298. The van der Waals surface area contributed by atoms with Crippen LogP contribution in [0.3, 0.4) is 0 Å². The second-order valence-corrected chi connectivity index (χ2v) is 7.72. The quantitative estimate of drug-likeness (QED) is 0.436. The number of carbonyl (C=O) groups excluding carboxylic acids is 2. The van der Waals surface area contributed by atoms with Crippen LogP contribution in [0.15, 0.2) is 77.6 Å². The molecule has 33 heavy (non-hydrogen) atoms. The molecule has 8 heteroatoms. The first-order chi connectivity index (χ1) is 16.0. The molecule has 166 valence electrons. The van der Waals surface area contributed by atoms with Gasteiger partial charge in [-0.25, -0.2) is 4.98 Å². The Bertz CT molecular complexity index is 1410. The van der Waals surface area contributed by atoms with Gasteiger partial charge in [-0.2, -0.15) is 0 Å². The van der Waals surface area contributed by atoms with Crippen LogP contribution in [0.1, 0.15) is 13.3 Å². The minimum atomic E-state index is -0.443. The lowest BCUT2D eigenvalue weighted by molar-refractivity contribution is -0.117. The molecule has 0 fully saturated rings. The topological polar surface area (TPSA) is 93.1 Å². The fraction of sp³-hybridized carbons (Fsp3) is 0.120. The molecular weight excluding hydrogens is 440 g/mol. The van der Waals surface area contributed by atoms with Gasteiger partial charge in [0.1, 0.15) is 12.2 Å². The molecule has 0 spiro atoms. The van der Waals surface area contributed by atoms with Gasteiger partial charge in [-0.05, 0) is 30.3 Å². The largest absolute Gasteiger partial charge is 0.325 e. The van der Waals surface area contributed by atoms with Gasteiger partial charge in [0.25, 0.3) is 5.56 Å². The molecule has 0 aliphatic heterocycles. The van der Waals surface area contributed by atoms with E-state index in [1.807, 2.05) is 6.07 Å². The van der Waals surface area contributed by atoms with Crippen LogP contribution >= 0.6 is 11.6 Å². The van der Waals surface area contributed by atoms with E-state index in [4.69, 9.17) is 11.6 Å². The molecule has 3 aromatic carbocycles. The lowest BCUT2D eigenvalue weighted by Crippen LogP contribution is -2.30. The lowest BCUT2D eigenvalue weighted by Gasteiger charge is -2.15. The number of nitrogens with zero attached hydrogens (tertiary/aromatic N) is 2. The Labute approximate surface area is 195 Å². The Morgan fingerprint density at radius 3 is 2.27 bits per heavy atom. The first-order valence-electron chi connectivity index (χ1n) is 10.4. The van der Waals surface area contributed by atoms with Crippen LogP contribution < -0.4 is 16.2 Å². The third-order valence-corrected chi connectivity index (χ3v) is 5.41. The van der Waals surface area contributed by atoms with E-state index in [1.54, 1.807) is 73.7 Å². The molecule has 2 amide bonds. The third kappa shape index (κ3) is 4.78. The van der Waals surface area contributed by atoms with E-state index < -0.39 is 11.5 Å². The maximum absolute atomic E-state index is 13.5. The number of benzene rings is 3. The van der Waals surface area contributed by atoms with Crippen LogP contribution in [0.25, 0.3) is 22.3 Å². The molecule has 0 atom stereocenters. The Morgan fingerprint density at radius 2 is 1.52 bits per heavy atom. The molecule has 4 rings (SSSR count). The number of nitrogens with one attached hydrogen (secondary N) is 2. The van der Waals surface area contributed by atoms with Crippen LogP contribution in [-0.4, -0.2) is 21.4 Å². The highest BCUT2D eigenvalue weighted by Gasteiger charge is 2.18. The monoisotopic (exact) mass is 460 g/mol. The fourth-order valence-corrected chi connectivity index (χ4v) is 3.64. The van der Waals surface area contributed by atoms with Gasteiger partial charge >= 0.3 is 0 Å². The molecule has 0 saturated heterocycles.